The highest BCUT2D eigenvalue weighted by Gasteiger charge is 2.15. The lowest BCUT2D eigenvalue weighted by molar-refractivity contribution is -0.121. The van der Waals surface area contributed by atoms with E-state index >= 15 is 0 Å². The standard InChI is InChI=1S/C22H20FN3O3/c23-18-10-5-4-9-17(18)14-25-22(29)19-11-6-12-21(28)26(19)15-20(27)24-13-16-7-2-1-3-8-16/h1-12H,13-15H2,(H,24,27)(H,25,29). The number of nitrogens with zero attached hydrogens (tertiary/aromatic N) is 1. The minimum absolute atomic E-state index is 0.0312. The summed E-state index contributed by atoms with van der Waals surface area (Å²) in [5.74, 6) is -1.40. The van der Waals surface area contributed by atoms with Crippen molar-refractivity contribution in [1.82, 2.24) is 15.2 Å². The number of carbonyl (C=O) groups is 2. The molecule has 2 aromatic carbocycles. The minimum atomic E-state index is -0.568. The number of hydrogen-bond acceptors (Lipinski definition) is 3. The van der Waals surface area contributed by atoms with Gasteiger partial charge in [0.1, 0.15) is 18.1 Å². The van der Waals surface area contributed by atoms with Crippen LogP contribution in [0, 0.1) is 5.82 Å². The number of hydrogen-bond donors (Lipinski definition) is 2. The second-order valence-electron chi connectivity index (χ2n) is 6.37. The van der Waals surface area contributed by atoms with Crippen molar-refractivity contribution in [2.24, 2.45) is 0 Å². The second kappa shape index (κ2) is 9.45. The van der Waals surface area contributed by atoms with Gasteiger partial charge in [0.05, 0.1) is 0 Å². The van der Waals surface area contributed by atoms with Crippen LogP contribution in [0.1, 0.15) is 21.6 Å². The Kier molecular flexibility index (Phi) is 6.52. The molecule has 0 fully saturated rings. The van der Waals surface area contributed by atoms with Gasteiger partial charge in [0.15, 0.2) is 0 Å². The van der Waals surface area contributed by atoms with E-state index in [4.69, 9.17) is 0 Å². The number of nitrogens with one attached hydrogen (secondary N) is 2. The van der Waals surface area contributed by atoms with E-state index in [0.29, 0.717) is 12.1 Å². The van der Waals surface area contributed by atoms with Crippen LogP contribution in [0.4, 0.5) is 4.39 Å². The van der Waals surface area contributed by atoms with Gasteiger partial charge in [0, 0.05) is 24.7 Å². The molecule has 0 unspecified atom stereocenters. The van der Waals surface area contributed by atoms with Gasteiger partial charge in [0.2, 0.25) is 5.91 Å². The Morgan fingerprint density at radius 1 is 0.828 bits per heavy atom. The highest BCUT2D eigenvalue weighted by atomic mass is 19.1. The maximum atomic E-state index is 13.7. The summed E-state index contributed by atoms with van der Waals surface area (Å²) in [4.78, 5) is 37.0. The Bertz CT molecular complexity index is 1060. The number of rotatable bonds is 7. The first-order chi connectivity index (χ1) is 14.0. The summed E-state index contributed by atoms with van der Waals surface area (Å²) in [5, 5.41) is 5.31. The van der Waals surface area contributed by atoms with E-state index in [2.05, 4.69) is 10.6 Å². The van der Waals surface area contributed by atoms with Gasteiger partial charge in [-0.05, 0) is 17.7 Å². The van der Waals surface area contributed by atoms with Crippen molar-refractivity contribution in [3.63, 3.8) is 0 Å². The first kappa shape index (κ1) is 20.0. The van der Waals surface area contributed by atoms with Gasteiger partial charge in [0.25, 0.3) is 11.5 Å². The van der Waals surface area contributed by atoms with E-state index in [-0.39, 0.29) is 18.8 Å². The third-order valence-corrected chi connectivity index (χ3v) is 4.31. The third kappa shape index (κ3) is 5.38. The van der Waals surface area contributed by atoms with Crippen LogP contribution in [0.5, 0.6) is 0 Å². The molecule has 3 rings (SSSR count). The number of benzene rings is 2. The van der Waals surface area contributed by atoms with E-state index in [9.17, 15) is 18.8 Å². The first-order valence-corrected chi connectivity index (χ1v) is 9.06. The van der Waals surface area contributed by atoms with Crippen LogP contribution >= 0.6 is 0 Å². The monoisotopic (exact) mass is 393 g/mol. The number of pyridine rings is 1. The molecule has 2 amide bonds. The van der Waals surface area contributed by atoms with Crippen LogP contribution in [0.25, 0.3) is 0 Å². The van der Waals surface area contributed by atoms with Gasteiger partial charge in [-0.1, -0.05) is 54.6 Å². The van der Waals surface area contributed by atoms with Crippen LogP contribution in [-0.4, -0.2) is 16.4 Å². The van der Waals surface area contributed by atoms with E-state index in [1.54, 1.807) is 18.2 Å². The first-order valence-electron chi connectivity index (χ1n) is 9.06. The number of carbonyl (C=O) groups excluding carboxylic acids is 2. The summed E-state index contributed by atoms with van der Waals surface area (Å²) in [6, 6.07) is 19.6. The lowest BCUT2D eigenvalue weighted by Crippen LogP contribution is -2.36. The Labute approximate surface area is 167 Å². The Morgan fingerprint density at radius 3 is 2.31 bits per heavy atom. The maximum absolute atomic E-state index is 13.7. The van der Waals surface area contributed by atoms with Crippen LogP contribution in [0.2, 0.25) is 0 Å². The molecule has 1 heterocycles. The average molecular weight is 393 g/mol. The van der Waals surface area contributed by atoms with Gasteiger partial charge in [-0.2, -0.15) is 0 Å². The molecule has 148 valence electrons. The highest BCUT2D eigenvalue weighted by Crippen LogP contribution is 2.06. The molecule has 0 bridgehead atoms. The summed E-state index contributed by atoms with van der Waals surface area (Å²) in [6.45, 7) is -0.0141. The minimum Gasteiger partial charge on any atom is -0.350 e. The molecule has 1 aromatic heterocycles. The van der Waals surface area contributed by atoms with Crippen molar-refractivity contribution in [1.29, 1.82) is 0 Å². The zero-order valence-corrected chi connectivity index (χ0v) is 15.6. The summed E-state index contributed by atoms with van der Waals surface area (Å²) < 4.78 is 14.8. The molecule has 0 aliphatic carbocycles. The van der Waals surface area contributed by atoms with Gasteiger partial charge >= 0.3 is 0 Å². The molecule has 0 saturated heterocycles. The molecule has 7 heteroatoms. The van der Waals surface area contributed by atoms with Crippen molar-refractivity contribution in [2.75, 3.05) is 0 Å². The molecule has 0 aliphatic rings. The van der Waals surface area contributed by atoms with Crippen LogP contribution in [0.15, 0.2) is 77.6 Å². The van der Waals surface area contributed by atoms with Crippen molar-refractivity contribution in [3.8, 4) is 0 Å². The predicted molar refractivity (Wildman–Crippen MR) is 107 cm³/mol. The fraction of sp³-hybridized carbons (Fsp3) is 0.136. The molecule has 29 heavy (non-hydrogen) atoms. The second-order valence-corrected chi connectivity index (χ2v) is 6.37. The van der Waals surface area contributed by atoms with E-state index in [0.717, 1.165) is 10.1 Å². The van der Waals surface area contributed by atoms with Gasteiger partial charge in [-0.15, -0.1) is 0 Å². The van der Waals surface area contributed by atoms with Crippen molar-refractivity contribution in [3.05, 3.63) is 106 Å². The Morgan fingerprint density at radius 2 is 1.55 bits per heavy atom. The van der Waals surface area contributed by atoms with Crippen molar-refractivity contribution >= 4 is 11.8 Å². The average Bonchev–Trinajstić information content (AvgIpc) is 2.73. The van der Waals surface area contributed by atoms with Gasteiger partial charge in [-0.25, -0.2) is 4.39 Å². The molecule has 3 aromatic rings. The van der Waals surface area contributed by atoms with E-state index < -0.39 is 23.2 Å². The third-order valence-electron chi connectivity index (χ3n) is 4.31. The van der Waals surface area contributed by atoms with Crippen molar-refractivity contribution in [2.45, 2.75) is 19.6 Å². The number of halogens is 1. The quantitative estimate of drug-likeness (QED) is 0.646. The van der Waals surface area contributed by atoms with Gasteiger partial charge in [-0.3, -0.25) is 19.0 Å². The van der Waals surface area contributed by atoms with Gasteiger partial charge < -0.3 is 10.6 Å². The molecule has 0 spiro atoms. The van der Waals surface area contributed by atoms with E-state index in [1.807, 2.05) is 30.3 Å². The summed E-state index contributed by atoms with van der Waals surface area (Å²) in [7, 11) is 0. The molecule has 0 radical (unpaired) electrons. The molecule has 0 atom stereocenters. The summed E-state index contributed by atoms with van der Waals surface area (Å²) in [5.41, 5.74) is 0.803. The zero-order chi connectivity index (χ0) is 20.6. The predicted octanol–water partition coefficient (Wildman–Crippen LogP) is 2.23. The Balaban J connectivity index is 1.68. The lowest BCUT2D eigenvalue weighted by Gasteiger charge is -2.13. The molecule has 0 saturated carbocycles. The van der Waals surface area contributed by atoms with Crippen molar-refractivity contribution < 1.29 is 14.0 Å². The summed E-state index contributed by atoms with van der Waals surface area (Å²) >= 11 is 0. The largest absolute Gasteiger partial charge is 0.350 e. The lowest BCUT2D eigenvalue weighted by atomic mass is 10.2. The normalized spacial score (nSPS) is 10.4. The summed E-state index contributed by atoms with van der Waals surface area (Å²) in [6.07, 6.45) is 0. The van der Waals surface area contributed by atoms with Crippen LogP contribution in [-0.2, 0) is 24.4 Å². The van der Waals surface area contributed by atoms with Crippen LogP contribution in [0.3, 0.4) is 0 Å². The van der Waals surface area contributed by atoms with E-state index in [1.165, 1.54) is 24.3 Å². The zero-order valence-electron chi connectivity index (χ0n) is 15.6. The smallest absolute Gasteiger partial charge is 0.268 e. The topological polar surface area (TPSA) is 80.2 Å². The molecule has 0 aliphatic heterocycles. The fourth-order valence-corrected chi connectivity index (χ4v) is 2.79. The fourth-order valence-electron chi connectivity index (χ4n) is 2.79. The molecule has 2 N–H and O–H groups in total. The maximum Gasteiger partial charge on any atom is 0.268 e. The number of amides is 2. The SMILES string of the molecule is O=C(Cn1c(C(=O)NCc2ccccc2F)cccc1=O)NCc1ccccc1. The molecular weight excluding hydrogens is 373 g/mol. The Hall–Kier alpha value is -3.74. The van der Waals surface area contributed by atoms with Crippen LogP contribution < -0.4 is 16.2 Å². The molecule has 6 nitrogen and oxygen atoms in total. The molecular formula is C22H20FN3O3. The highest BCUT2D eigenvalue weighted by molar-refractivity contribution is 5.93. The number of aromatic nitrogens is 1.